The summed E-state index contributed by atoms with van der Waals surface area (Å²) in [5.41, 5.74) is 0.332. The van der Waals surface area contributed by atoms with Gasteiger partial charge >= 0.3 is 5.97 Å². The topological polar surface area (TPSA) is 66.4 Å². The number of carbonyl (C=O) groups excluding carboxylic acids is 1. The molecule has 104 valence electrons. The van der Waals surface area contributed by atoms with Crippen LogP contribution >= 0.6 is 45.5 Å². The normalized spacial score (nSPS) is 11.9. The van der Waals surface area contributed by atoms with Gasteiger partial charge in [-0.15, -0.1) is 11.3 Å². The molecular formula is C13H9ClINO3S. The molecule has 1 aromatic carbocycles. The van der Waals surface area contributed by atoms with Gasteiger partial charge in [0.2, 0.25) is 0 Å². The summed E-state index contributed by atoms with van der Waals surface area (Å²) >= 11 is 9.29. The van der Waals surface area contributed by atoms with Crippen molar-refractivity contribution in [3.05, 3.63) is 54.7 Å². The zero-order valence-corrected chi connectivity index (χ0v) is 13.7. The van der Waals surface area contributed by atoms with Crippen molar-refractivity contribution in [2.75, 3.05) is 0 Å². The standard InChI is InChI=1S/C13H9ClINO3S/c14-8-6-7(3-4-9(8)15)12(17)16-11(13(18)19)10-2-1-5-20-10/h1-6,11H,(H,16,17)(H,18,19). The molecule has 2 rings (SSSR count). The van der Waals surface area contributed by atoms with E-state index in [1.54, 1.807) is 29.6 Å². The minimum Gasteiger partial charge on any atom is -0.479 e. The van der Waals surface area contributed by atoms with Crippen LogP contribution in [-0.2, 0) is 4.79 Å². The van der Waals surface area contributed by atoms with Crippen molar-refractivity contribution in [3.63, 3.8) is 0 Å². The first-order valence-electron chi connectivity index (χ1n) is 5.51. The molecule has 1 unspecified atom stereocenters. The molecule has 1 amide bonds. The highest BCUT2D eigenvalue weighted by Gasteiger charge is 2.23. The molecule has 0 saturated carbocycles. The Morgan fingerprint density at radius 1 is 1.35 bits per heavy atom. The number of thiophene rings is 1. The van der Waals surface area contributed by atoms with Crippen LogP contribution in [0, 0.1) is 3.57 Å². The van der Waals surface area contributed by atoms with Crippen LogP contribution in [0.3, 0.4) is 0 Å². The minimum atomic E-state index is -1.10. The zero-order valence-electron chi connectivity index (χ0n) is 9.97. The molecule has 0 saturated heterocycles. The molecule has 2 aromatic rings. The van der Waals surface area contributed by atoms with E-state index in [2.05, 4.69) is 27.9 Å². The summed E-state index contributed by atoms with van der Waals surface area (Å²) in [5.74, 6) is -1.57. The Hall–Kier alpha value is -1.12. The zero-order chi connectivity index (χ0) is 14.7. The summed E-state index contributed by atoms with van der Waals surface area (Å²) in [6.45, 7) is 0. The first kappa shape index (κ1) is 15.3. The van der Waals surface area contributed by atoms with Crippen LogP contribution in [0.4, 0.5) is 0 Å². The van der Waals surface area contributed by atoms with E-state index in [-0.39, 0.29) is 0 Å². The van der Waals surface area contributed by atoms with E-state index in [1.165, 1.54) is 17.4 Å². The molecule has 7 heteroatoms. The van der Waals surface area contributed by atoms with E-state index >= 15 is 0 Å². The second kappa shape index (κ2) is 6.55. The lowest BCUT2D eigenvalue weighted by molar-refractivity contribution is -0.139. The molecule has 2 N–H and O–H groups in total. The van der Waals surface area contributed by atoms with Crippen LogP contribution in [0.15, 0.2) is 35.7 Å². The van der Waals surface area contributed by atoms with E-state index < -0.39 is 17.9 Å². The Morgan fingerprint density at radius 3 is 2.65 bits per heavy atom. The number of hydrogen-bond acceptors (Lipinski definition) is 3. The second-order valence-corrected chi connectivity index (χ2v) is 6.44. The van der Waals surface area contributed by atoms with Crippen molar-refractivity contribution < 1.29 is 14.7 Å². The van der Waals surface area contributed by atoms with Gasteiger partial charge in [0.05, 0.1) is 5.02 Å². The van der Waals surface area contributed by atoms with E-state index in [0.717, 1.165) is 3.57 Å². The van der Waals surface area contributed by atoms with Gasteiger partial charge < -0.3 is 10.4 Å². The number of carboxylic acid groups (broad SMARTS) is 1. The van der Waals surface area contributed by atoms with Crippen molar-refractivity contribution in [1.29, 1.82) is 0 Å². The van der Waals surface area contributed by atoms with E-state index in [9.17, 15) is 14.7 Å². The Labute approximate surface area is 137 Å². The first-order valence-corrected chi connectivity index (χ1v) is 7.85. The van der Waals surface area contributed by atoms with Gasteiger partial charge in [0.1, 0.15) is 0 Å². The van der Waals surface area contributed by atoms with Crippen molar-refractivity contribution >= 4 is 57.4 Å². The van der Waals surface area contributed by atoms with Crippen molar-refractivity contribution in [1.82, 2.24) is 5.32 Å². The molecule has 1 aromatic heterocycles. The maximum atomic E-state index is 12.1. The third kappa shape index (κ3) is 3.50. The van der Waals surface area contributed by atoms with Crippen molar-refractivity contribution in [2.45, 2.75) is 6.04 Å². The van der Waals surface area contributed by atoms with E-state index in [1.807, 2.05) is 0 Å². The van der Waals surface area contributed by atoms with Gasteiger partial charge in [-0.3, -0.25) is 4.79 Å². The summed E-state index contributed by atoms with van der Waals surface area (Å²) in [5, 5.41) is 13.9. The molecular weight excluding hydrogens is 413 g/mol. The number of rotatable bonds is 4. The molecule has 0 aliphatic carbocycles. The monoisotopic (exact) mass is 421 g/mol. The third-order valence-electron chi connectivity index (χ3n) is 2.53. The maximum absolute atomic E-state index is 12.1. The summed E-state index contributed by atoms with van der Waals surface area (Å²) in [6, 6.07) is 7.19. The summed E-state index contributed by atoms with van der Waals surface area (Å²) in [6.07, 6.45) is 0. The predicted molar refractivity (Wildman–Crippen MR) is 86.3 cm³/mol. The number of amides is 1. The molecule has 0 aliphatic heterocycles. The van der Waals surface area contributed by atoms with Crippen LogP contribution < -0.4 is 5.32 Å². The van der Waals surface area contributed by atoms with Crippen LogP contribution in [-0.4, -0.2) is 17.0 Å². The fraction of sp³-hybridized carbons (Fsp3) is 0.0769. The Bertz CT molecular complexity index is 645. The summed E-state index contributed by atoms with van der Waals surface area (Å²) in [7, 11) is 0. The van der Waals surface area contributed by atoms with Gasteiger partial charge in [0.15, 0.2) is 6.04 Å². The smallest absolute Gasteiger partial charge is 0.331 e. The number of nitrogens with one attached hydrogen (secondary N) is 1. The molecule has 4 nitrogen and oxygen atoms in total. The number of aliphatic carboxylic acids is 1. The van der Waals surface area contributed by atoms with E-state index in [0.29, 0.717) is 15.5 Å². The SMILES string of the molecule is O=C(NC(C(=O)O)c1cccs1)c1ccc(I)c(Cl)c1. The molecule has 1 atom stereocenters. The lowest BCUT2D eigenvalue weighted by atomic mass is 10.2. The van der Waals surface area contributed by atoms with Gasteiger partial charge in [-0.25, -0.2) is 4.79 Å². The Kier molecular flexibility index (Phi) is 5.00. The fourth-order valence-corrected chi connectivity index (χ4v) is 2.85. The van der Waals surface area contributed by atoms with Gasteiger partial charge in [-0.05, 0) is 52.2 Å². The minimum absolute atomic E-state index is 0.332. The molecule has 20 heavy (non-hydrogen) atoms. The second-order valence-electron chi connectivity index (χ2n) is 3.89. The summed E-state index contributed by atoms with van der Waals surface area (Å²) in [4.78, 5) is 23.9. The van der Waals surface area contributed by atoms with Crippen molar-refractivity contribution in [2.24, 2.45) is 0 Å². The number of benzene rings is 1. The highest BCUT2D eigenvalue weighted by molar-refractivity contribution is 14.1. The molecule has 0 radical (unpaired) electrons. The summed E-state index contributed by atoms with van der Waals surface area (Å²) < 4.78 is 0.828. The molecule has 0 fully saturated rings. The molecule has 0 bridgehead atoms. The quantitative estimate of drug-likeness (QED) is 0.742. The number of hydrogen-bond donors (Lipinski definition) is 2. The van der Waals surface area contributed by atoms with Gasteiger partial charge in [-0.2, -0.15) is 0 Å². The van der Waals surface area contributed by atoms with Crippen LogP contribution in [0.25, 0.3) is 0 Å². The van der Waals surface area contributed by atoms with Crippen LogP contribution in [0.5, 0.6) is 0 Å². The lowest BCUT2D eigenvalue weighted by Gasteiger charge is -2.13. The molecule has 1 heterocycles. The van der Waals surface area contributed by atoms with Crippen LogP contribution in [0.2, 0.25) is 5.02 Å². The van der Waals surface area contributed by atoms with Gasteiger partial charge in [-0.1, -0.05) is 17.7 Å². The van der Waals surface area contributed by atoms with E-state index in [4.69, 9.17) is 11.6 Å². The average Bonchev–Trinajstić information content (AvgIpc) is 2.92. The average molecular weight is 422 g/mol. The Morgan fingerprint density at radius 2 is 2.10 bits per heavy atom. The molecule has 0 aliphatic rings. The predicted octanol–water partition coefficient (Wildman–Crippen LogP) is 3.56. The molecule has 0 spiro atoms. The largest absolute Gasteiger partial charge is 0.479 e. The Balaban J connectivity index is 2.20. The first-order chi connectivity index (χ1) is 9.49. The lowest BCUT2D eigenvalue weighted by Crippen LogP contribution is -2.33. The highest BCUT2D eigenvalue weighted by atomic mass is 127. The maximum Gasteiger partial charge on any atom is 0.331 e. The fourth-order valence-electron chi connectivity index (χ4n) is 1.56. The number of carbonyl (C=O) groups is 2. The number of halogens is 2. The number of carboxylic acids is 1. The van der Waals surface area contributed by atoms with Crippen molar-refractivity contribution in [3.8, 4) is 0 Å². The van der Waals surface area contributed by atoms with Gasteiger partial charge in [0.25, 0.3) is 5.91 Å². The van der Waals surface area contributed by atoms with Gasteiger partial charge in [0, 0.05) is 14.0 Å². The highest BCUT2D eigenvalue weighted by Crippen LogP contribution is 2.22. The van der Waals surface area contributed by atoms with Crippen LogP contribution in [0.1, 0.15) is 21.3 Å². The third-order valence-corrected chi connectivity index (χ3v) is 5.04.